The van der Waals surface area contributed by atoms with Gasteiger partial charge in [-0.2, -0.15) is 23.1 Å². The second-order valence-electron chi connectivity index (χ2n) is 10.2. The molecule has 0 aliphatic carbocycles. The number of anilines is 4. The Balaban J connectivity index is 1.56. The van der Waals surface area contributed by atoms with Gasteiger partial charge in [-0.3, -0.25) is 4.79 Å². The number of carbonyl (C=O) groups excluding carboxylic acids is 1. The van der Waals surface area contributed by atoms with Gasteiger partial charge in [0.15, 0.2) is 12.4 Å². The first-order valence-corrected chi connectivity index (χ1v) is 13.6. The maximum atomic E-state index is 14.3. The number of morpholine rings is 1. The van der Waals surface area contributed by atoms with Gasteiger partial charge >= 0.3 is 6.18 Å². The standard InChI is InChI=1S/C29H30F4N8O3/c1-4-25(42)35-21-14-22(27(44-17-29(31,32)33)38-26(21)40-9-11-43-12-10-40)36-28-34-8-7-24(37-28)41-16-18(15-39(2)3)20-6-5-19(30)13-23(20)41/h4-8,13-14,16H,1,9-12,15,17H2,2-3H3,(H,35,42)(H,34,36,37). The molecule has 11 nitrogen and oxygen atoms in total. The third kappa shape index (κ3) is 7.23. The van der Waals surface area contributed by atoms with Crippen molar-refractivity contribution in [1.82, 2.24) is 24.4 Å². The predicted octanol–water partition coefficient (Wildman–Crippen LogP) is 4.66. The number of carbonyl (C=O) groups is 1. The fourth-order valence-corrected chi connectivity index (χ4v) is 4.72. The zero-order valence-electron chi connectivity index (χ0n) is 24.0. The molecular weight excluding hydrogens is 584 g/mol. The molecule has 0 radical (unpaired) electrons. The summed E-state index contributed by atoms with van der Waals surface area (Å²) in [6.45, 7) is 3.96. The smallest absolute Gasteiger partial charge is 0.422 e. The number of pyridine rings is 1. The minimum Gasteiger partial charge on any atom is -0.466 e. The fraction of sp³-hybridized carbons (Fsp3) is 0.310. The number of alkyl halides is 3. The van der Waals surface area contributed by atoms with Crippen molar-refractivity contribution in [2.75, 3.05) is 62.5 Å². The molecule has 0 atom stereocenters. The summed E-state index contributed by atoms with van der Waals surface area (Å²) in [4.78, 5) is 29.2. The van der Waals surface area contributed by atoms with Crippen molar-refractivity contribution in [2.45, 2.75) is 12.7 Å². The van der Waals surface area contributed by atoms with Gasteiger partial charge in [-0.15, -0.1) is 0 Å². The van der Waals surface area contributed by atoms with Gasteiger partial charge < -0.3 is 34.5 Å². The number of hydrogen-bond donors (Lipinski definition) is 2. The van der Waals surface area contributed by atoms with Crippen LogP contribution in [0.2, 0.25) is 0 Å². The van der Waals surface area contributed by atoms with Crippen LogP contribution in [0, 0.1) is 5.82 Å². The number of amides is 1. The average molecular weight is 615 g/mol. The molecule has 5 rings (SSSR count). The molecule has 4 aromatic rings. The van der Waals surface area contributed by atoms with Gasteiger partial charge in [-0.25, -0.2) is 9.37 Å². The molecule has 1 aliphatic rings. The van der Waals surface area contributed by atoms with Crippen molar-refractivity contribution in [3.63, 3.8) is 0 Å². The van der Waals surface area contributed by atoms with E-state index in [0.717, 1.165) is 17.0 Å². The van der Waals surface area contributed by atoms with E-state index in [0.29, 0.717) is 44.2 Å². The molecular formula is C29H30F4N8O3. The predicted molar refractivity (Wildman–Crippen MR) is 157 cm³/mol. The van der Waals surface area contributed by atoms with Gasteiger partial charge in [0.25, 0.3) is 0 Å². The van der Waals surface area contributed by atoms with Gasteiger partial charge in [0.05, 0.1) is 24.4 Å². The average Bonchev–Trinajstić information content (AvgIpc) is 3.33. The van der Waals surface area contributed by atoms with Crippen LogP contribution in [0.1, 0.15) is 5.56 Å². The Kier molecular flexibility index (Phi) is 8.96. The topological polar surface area (TPSA) is 110 Å². The van der Waals surface area contributed by atoms with Crippen LogP contribution >= 0.6 is 0 Å². The summed E-state index contributed by atoms with van der Waals surface area (Å²) < 4.78 is 66.1. The van der Waals surface area contributed by atoms with E-state index in [1.807, 2.05) is 25.2 Å². The van der Waals surface area contributed by atoms with Crippen molar-refractivity contribution in [3.8, 4) is 11.7 Å². The maximum absolute atomic E-state index is 14.3. The van der Waals surface area contributed by atoms with Crippen LogP contribution in [0.4, 0.5) is 40.7 Å². The van der Waals surface area contributed by atoms with Crippen molar-refractivity contribution in [3.05, 3.63) is 66.8 Å². The summed E-state index contributed by atoms with van der Waals surface area (Å²) in [6, 6.07) is 7.50. The lowest BCUT2D eigenvalue weighted by atomic mass is 10.1. The molecule has 1 fully saturated rings. The highest BCUT2D eigenvalue weighted by Crippen LogP contribution is 2.36. The van der Waals surface area contributed by atoms with Crippen LogP contribution in [0.15, 0.2) is 55.4 Å². The van der Waals surface area contributed by atoms with E-state index in [1.165, 1.54) is 24.4 Å². The summed E-state index contributed by atoms with van der Waals surface area (Å²) in [5, 5.41) is 6.38. The molecule has 232 valence electrons. The van der Waals surface area contributed by atoms with E-state index < -0.39 is 24.5 Å². The van der Waals surface area contributed by atoms with Crippen LogP contribution in [-0.2, 0) is 16.1 Å². The molecule has 1 aromatic carbocycles. The third-order valence-electron chi connectivity index (χ3n) is 6.56. The third-order valence-corrected chi connectivity index (χ3v) is 6.56. The van der Waals surface area contributed by atoms with Crippen LogP contribution in [-0.4, -0.2) is 83.5 Å². The lowest BCUT2D eigenvalue weighted by Gasteiger charge is -2.30. The first-order valence-electron chi connectivity index (χ1n) is 13.6. The molecule has 0 unspecified atom stereocenters. The Morgan fingerprint density at radius 2 is 1.93 bits per heavy atom. The zero-order valence-corrected chi connectivity index (χ0v) is 24.0. The minimum absolute atomic E-state index is 0.00584. The van der Waals surface area contributed by atoms with Crippen molar-refractivity contribution in [2.24, 2.45) is 0 Å². The van der Waals surface area contributed by atoms with E-state index in [1.54, 1.807) is 21.6 Å². The number of nitrogens with zero attached hydrogens (tertiary/aromatic N) is 6. The van der Waals surface area contributed by atoms with E-state index in [2.05, 4.69) is 32.2 Å². The van der Waals surface area contributed by atoms with Crippen molar-refractivity contribution < 1.29 is 31.8 Å². The molecule has 0 spiro atoms. The molecule has 44 heavy (non-hydrogen) atoms. The summed E-state index contributed by atoms with van der Waals surface area (Å²) in [7, 11) is 3.84. The molecule has 1 amide bonds. The van der Waals surface area contributed by atoms with Crippen LogP contribution in [0.5, 0.6) is 5.88 Å². The van der Waals surface area contributed by atoms with Gasteiger partial charge in [0.2, 0.25) is 17.7 Å². The minimum atomic E-state index is -4.64. The molecule has 1 aliphatic heterocycles. The molecule has 15 heteroatoms. The van der Waals surface area contributed by atoms with Crippen molar-refractivity contribution in [1.29, 1.82) is 0 Å². The van der Waals surface area contributed by atoms with E-state index in [-0.39, 0.29) is 29.0 Å². The quantitative estimate of drug-likeness (QED) is 0.195. The van der Waals surface area contributed by atoms with Crippen LogP contribution < -0.4 is 20.3 Å². The highest BCUT2D eigenvalue weighted by molar-refractivity contribution is 6.01. The summed E-state index contributed by atoms with van der Waals surface area (Å²) >= 11 is 0. The van der Waals surface area contributed by atoms with E-state index >= 15 is 0 Å². The molecule has 0 saturated carbocycles. The first kappa shape index (κ1) is 30.7. The van der Waals surface area contributed by atoms with E-state index in [4.69, 9.17) is 9.47 Å². The first-order chi connectivity index (χ1) is 21.0. The Bertz CT molecular complexity index is 1670. The fourth-order valence-electron chi connectivity index (χ4n) is 4.72. The molecule has 0 bridgehead atoms. The number of hydrogen-bond acceptors (Lipinski definition) is 9. The Hall–Kier alpha value is -4.76. The lowest BCUT2D eigenvalue weighted by molar-refractivity contribution is -0.153. The number of aromatic nitrogens is 4. The monoisotopic (exact) mass is 614 g/mol. The molecule has 2 N–H and O–H groups in total. The highest BCUT2D eigenvalue weighted by atomic mass is 19.4. The van der Waals surface area contributed by atoms with Gasteiger partial charge in [0.1, 0.15) is 17.3 Å². The van der Waals surface area contributed by atoms with Crippen LogP contribution in [0.3, 0.4) is 0 Å². The zero-order chi connectivity index (χ0) is 31.4. The van der Waals surface area contributed by atoms with Gasteiger partial charge in [-0.05, 0) is 56.1 Å². The Labute approximate surface area is 250 Å². The summed E-state index contributed by atoms with van der Waals surface area (Å²) in [5.74, 6) is -0.777. The summed E-state index contributed by atoms with van der Waals surface area (Å²) in [5.41, 5.74) is 1.69. The number of benzene rings is 1. The highest BCUT2D eigenvalue weighted by Gasteiger charge is 2.30. The largest absolute Gasteiger partial charge is 0.466 e. The SMILES string of the molecule is C=CC(=O)Nc1cc(Nc2nccc(-n3cc(CN(C)C)c4ccc(F)cc43)n2)c(OCC(F)(F)F)nc1N1CCOCC1. The maximum Gasteiger partial charge on any atom is 0.422 e. The number of ether oxygens (including phenoxy) is 2. The Morgan fingerprint density at radius 1 is 1.16 bits per heavy atom. The van der Waals surface area contributed by atoms with Gasteiger partial charge in [0, 0.05) is 37.4 Å². The van der Waals surface area contributed by atoms with E-state index in [9.17, 15) is 22.4 Å². The number of nitrogens with one attached hydrogen (secondary N) is 2. The van der Waals surface area contributed by atoms with Crippen LogP contribution in [0.25, 0.3) is 16.7 Å². The lowest BCUT2D eigenvalue weighted by Crippen LogP contribution is -2.37. The number of fused-ring (bicyclic) bond motifs is 1. The Morgan fingerprint density at radius 3 is 2.64 bits per heavy atom. The summed E-state index contributed by atoms with van der Waals surface area (Å²) in [6.07, 6.45) is -0.284. The van der Waals surface area contributed by atoms with Gasteiger partial charge in [-0.1, -0.05) is 6.58 Å². The van der Waals surface area contributed by atoms with Crippen molar-refractivity contribution >= 4 is 40.0 Å². The number of rotatable bonds is 10. The molecule has 1 saturated heterocycles. The molecule has 4 heterocycles. The second kappa shape index (κ2) is 12.9. The molecule has 3 aromatic heterocycles. The normalized spacial score (nSPS) is 13.8. The second-order valence-corrected chi connectivity index (χ2v) is 10.2. The number of halogens is 4.